The van der Waals surface area contributed by atoms with Gasteiger partial charge in [-0.3, -0.25) is 9.78 Å². The molecule has 272 valence electrons. The normalized spacial score (nSPS) is 13.1. The van der Waals surface area contributed by atoms with Gasteiger partial charge in [0.1, 0.15) is 30.5 Å². The minimum absolute atomic E-state index is 0.0591. The van der Waals surface area contributed by atoms with Gasteiger partial charge in [0.2, 0.25) is 5.91 Å². The van der Waals surface area contributed by atoms with E-state index in [1.165, 1.54) is 0 Å². The molecule has 1 atom stereocenters. The average molecular weight is 737 g/mol. The summed E-state index contributed by atoms with van der Waals surface area (Å²) in [6.07, 6.45) is 6.31. The van der Waals surface area contributed by atoms with E-state index in [2.05, 4.69) is 11.1 Å². The standard InChI is InChI=1S/C40H47Cl2N3O6/c1-27-19-35(41)39(36(42)20-27)51-18-17-50-33-11-7-28(8-12-33)22-31(25-43)40(47)45(32-9-10-32)26-30-21-29(5-4-15-48-2)23-34(24-30)49-16-13-37-38(46)6-3-14-44-37/h3,6-8,11-12,14,19-21,23-24,31-32,46H,4-5,9-10,13,15-18,22,25-26,43H2,1-2H3. The summed E-state index contributed by atoms with van der Waals surface area (Å²) >= 11 is 12.5. The molecule has 5 rings (SSSR count). The summed E-state index contributed by atoms with van der Waals surface area (Å²) in [5.74, 6) is 1.72. The van der Waals surface area contributed by atoms with E-state index in [9.17, 15) is 9.90 Å². The second kappa shape index (κ2) is 19.0. The van der Waals surface area contributed by atoms with Crippen LogP contribution in [-0.4, -0.2) is 67.0 Å². The molecule has 0 bridgehead atoms. The fraction of sp³-hybridized carbons (Fsp3) is 0.400. The second-order valence-electron chi connectivity index (χ2n) is 12.9. The number of pyridine rings is 1. The number of rotatable bonds is 20. The van der Waals surface area contributed by atoms with Crippen LogP contribution < -0.4 is 19.9 Å². The monoisotopic (exact) mass is 735 g/mol. The van der Waals surface area contributed by atoms with Gasteiger partial charge in [-0.05, 0) is 110 Å². The summed E-state index contributed by atoms with van der Waals surface area (Å²) in [7, 11) is 1.70. The number of aromatic hydroxyl groups is 1. The number of halogens is 2. The summed E-state index contributed by atoms with van der Waals surface area (Å²) in [4.78, 5) is 20.3. The lowest BCUT2D eigenvalue weighted by atomic mass is 9.97. The van der Waals surface area contributed by atoms with E-state index in [1.807, 2.05) is 48.2 Å². The summed E-state index contributed by atoms with van der Waals surface area (Å²) in [6.45, 7) is 4.25. The second-order valence-corrected chi connectivity index (χ2v) is 13.7. The highest BCUT2D eigenvalue weighted by molar-refractivity contribution is 6.37. The van der Waals surface area contributed by atoms with E-state index in [-0.39, 0.29) is 36.8 Å². The third-order valence-electron chi connectivity index (χ3n) is 8.72. The Balaban J connectivity index is 1.19. The van der Waals surface area contributed by atoms with Crippen molar-refractivity contribution in [3.63, 3.8) is 0 Å². The van der Waals surface area contributed by atoms with Gasteiger partial charge in [-0.1, -0.05) is 41.4 Å². The van der Waals surface area contributed by atoms with Crippen LogP contribution >= 0.6 is 23.2 Å². The van der Waals surface area contributed by atoms with Gasteiger partial charge in [0.25, 0.3) is 0 Å². The predicted molar refractivity (Wildman–Crippen MR) is 200 cm³/mol. The molecule has 11 heteroatoms. The van der Waals surface area contributed by atoms with Crippen molar-refractivity contribution in [3.05, 3.63) is 111 Å². The van der Waals surface area contributed by atoms with Crippen LogP contribution in [0, 0.1) is 12.8 Å². The lowest BCUT2D eigenvalue weighted by molar-refractivity contribution is -0.136. The van der Waals surface area contributed by atoms with Gasteiger partial charge in [0.15, 0.2) is 5.75 Å². The summed E-state index contributed by atoms with van der Waals surface area (Å²) < 4.78 is 23.1. The van der Waals surface area contributed by atoms with E-state index in [0.29, 0.717) is 66.4 Å². The predicted octanol–water partition coefficient (Wildman–Crippen LogP) is 7.37. The number of carbonyl (C=O) groups excluding carboxylic acids is 1. The van der Waals surface area contributed by atoms with Crippen LogP contribution in [0.3, 0.4) is 0 Å². The van der Waals surface area contributed by atoms with Crippen LogP contribution in [0.1, 0.15) is 47.2 Å². The van der Waals surface area contributed by atoms with Gasteiger partial charge in [-0.2, -0.15) is 0 Å². The van der Waals surface area contributed by atoms with Gasteiger partial charge in [0.05, 0.1) is 28.3 Å². The number of nitrogens with two attached hydrogens (primary N) is 1. The third-order valence-corrected chi connectivity index (χ3v) is 9.28. The molecular weight excluding hydrogens is 689 g/mol. The Labute approximate surface area is 310 Å². The van der Waals surface area contributed by atoms with Crippen molar-refractivity contribution >= 4 is 29.1 Å². The minimum atomic E-state index is -0.360. The summed E-state index contributed by atoms with van der Waals surface area (Å²) in [6, 6.07) is 21.1. The number of hydrogen-bond donors (Lipinski definition) is 2. The first-order chi connectivity index (χ1) is 24.7. The van der Waals surface area contributed by atoms with E-state index >= 15 is 0 Å². The van der Waals surface area contributed by atoms with Crippen molar-refractivity contribution < 1.29 is 28.8 Å². The average Bonchev–Trinajstić information content (AvgIpc) is 3.96. The molecule has 3 aromatic carbocycles. The van der Waals surface area contributed by atoms with Crippen molar-refractivity contribution in [1.82, 2.24) is 9.88 Å². The maximum Gasteiger partial charge on any atom is 0.227 e. The van der Waals surface area contributed by atoms with Crippen molar-refractivity contribution in [3.8, 4) is 23.0 Å². The Kier molecular flexibility index (Phi) is 14.2. The molecule has 1 heterocycles. The van der Waals surface area contributed by atoms with Crippen LogP contribution in [-0.2, 0) is 35.3 Å². The van der Waals surface area contributed by atoms with Gasteiger partial charge >= 0.3 is 0 Å². The highest BCUT2D eigenvalue weighted by atomic mass is 35.5. The number of benzene rings is 3. The summed E-state index contributed by atoms with van der Waals surface area (Å²) in [5, 5.41) is 11.0. The molecule has 3 N–H and O–H groups in total. The van der Waals surface area contributed by atoms with Crippen molar-refractivity contribution in [1.29, 1.82) is 0 Å². The van der Waals surface area contributed by atoms with Crippen LogP contribution in [0.5, 0.6) is 23.0 Å². The molecule has 0 spiro atoms. The minimum Gasteiger partial charge on any atom is -0.506 e. The Bertz CT molecular complexity index is 1710. The number of aromatic nitrogens is 1. The highest BCUT2D eigenvalue weighted by Gasteiger charge is 2.35. The zero-order chi connectivity index (χ0) is 36.2. The lowest BCUT2D eigenvalue weighted by Crippen LogP contribution is -2.41. The highest BCUT2D eigenvalue weighted by Crippen LogP contribution is 2.34. The maximum atomic E-state index is 14.0. The van der Waals surface area contributed by atoms with Crippen LogP contribution in [0.25, 0.3) is 0 Å². The van der Waals surface area contributed by atoms with Crippen molar-refractivity contribution in [2.75, 3.05) is 40.1 Å². The Morgan fingerprint density at radius 2 is 1.61 bits per heavy atom. The lowest BCUT2D eigenvalue weighted by Gasteiger charge is -2.27. The molecule has 1 unspecified atom stereocenters. The number of methoxy groups -OCH3 is 1. The van der Waals surface area contributed by atoms with Crippen LogP contribution in [0.2, 0.25) is 10.0 Å². The van der Waals surface area contributed by atoms with Gasteiger partial charge in [-0.25, -0.2) is 0 Å². The molecule has 0 saturated heterocycles. The first-order valence-electron chi connectivity index (χ1n) is 17.4. The van der Waals surface area contributed by atoms with Crippen molar-refractivity contribution in [2.24, 2.45) is 11.7 Å². The number of hydrogen-bond acceptors (Lipinski definition) is 8. The Morgan fingerprint density at radius 1 is 0.902 bits per heavy atom. The van der Waals surface area contributed by atoms with E-state index < -0.39 is 0 Å². The molecule has 1 aliphatic rings. The first kappa shape index (κ1) is 38.2. The molecule has 9 nitrogen and oxygen atoms in total. The van der Waals surface area contributed by atoms with Crippen LogP contribution in [0.4, 0.5) is 0 Å². The first-order valence-corrected chi connectivity index (χ1v) is 18.2. The summed E-state index contributed by atoms with van der Waals surface area (Å²) in [5.41, 5.74) is 10.9. The van der Waals surface area contributed by atoms with E-state index in [0.717, 1.165) is 53.7 Å². The van der Waals surface area contributed by atoms with Gasteiger partial charge in [-0.15, -0.1) is 0 Å². The molecule has 1 saturated carbocycles. The fourth-order valence-electron chi connectivity index (χ4n) is 5.97. The van der Waals surface area contributed by atoms with Crippen molar-refractivity contribution in [2.45, 2.75) is 58.0 Å². The molecule has 51 heavy (non-hydrogen) atoms. The molecule has 1 amide bonds. The molecule has 1 fully saturated rings. The maximum absolute atomic E-state index is 14.0. The Morgan fingerprint density at radius 3 is 2.29 bits per heavy atom. The topological polar surface area (TPSA) is 116 Å². The number of amides is 1. The van der Waals surface area contributed by atoms with Crippen LogP contribution in [0.15, 0.2) is 72.9 Å². The molecule has 0 aliphatic heterocycles. The number of aryl methyl sites for hydroxylation is 2. The quantitative estimate of drug-likeness (QED) is 0.0905. The number of ether oxygens (including phenoxy) is 4. The molecule has 4 aromatic rings. The smallest absolute Gasteiger partial charge is 0.227 e. The molecule has 1 aliphatic carbocycles. The zero-order valence-electron chi connectivity index (χ0n) is 29.3. The zero-order valence-corrected chi connectivity index (χ0v) is 30.8. The molecule has 1 aromatic heterocycles. The number of carbonyl (C=O) groups is 1. The fourth-order valence-corrected chi connectivity index (χ4v) is 6.67. The Hall–Kier alpha value is -4.02. The molecular formula is C40H47Cl2N3O6. The SMILES string of the molecule is COCCCc1cc(CN(C(=O)C(CN)Cc2ccc(OCCOc3c(Cl)cc(C)cc3Cl)cc2)C2CC2)cc(OCCc2ncccc2O)c1. The van der Waals surface area contributed by atoms with Gasteiger partial charge in [0, 0.05) is 45.5 Å². The van der Waals surface area contributed by atoms with E-state index in [1.54, 1.807) is 37.6 Å². The van der Waals surface area contributed by atoms with Gasteiger partial charge < -0.3 is 34.7 Å². The largest absolute Gasteiger partial charge is 0.506 e. The van der Waals surface area contributed by atoms with E-state index in [4.69, 9.17) is 47.9 Å². The molecule has 0 radical (unpaired) electrons. The number of nitrogens with zero attached hydrogens (tertiary/aromatic N) is 2. The third kappa shape index (κ3) is 11.5.